The molecule has 0 atom stereocenters. The maximum absolute atomic E-state index is 12.0. The van der Waals surface area contributed by atoms with Gasteiger partial charge in [-0.15, -0.1) is 0 Å². The van der Waals surface area contributed by atoms with E-state index >= 15 is 0 Å². The summed E-state index contributed by atoms with van der Waals surface area (Å²) < 4.78 is 5.10. The molecule has 0 bridgehead atoms. The van der Waals surface area contributed by atoms with Gasteiger partial charge in [-0.05, 0) is 12.1 Å². The summed E-state index contributed by atoms with van der Waals surface area (Å²) in [7, 11) is 0. The number of amides is 1. The van der Waals surface area contributed by atoms with E-state index in [2.05, 4.69) is 10.1 Å². The Morgan fingerprint density at radius 2 is 2.00 bits per heavy atom. The summed E-state index contributed by atoms with van der Waals surface area (Å²) in [5.41, 5.74) is 1.02. The van der Waals surface area contributed by atoms with E-state index in [1.165, 1.54) is 4.90 Å². The summed E-state index contributed by atoms with van der Waals surface area (Å²) in [6.45, 7) is 4.02. The van der Waals surface area contributed by atoms with Gasteiger partial charge in [-0.25, -0.2) is 0 Å². The van der Waals surface area contributed by atoms with Crippen LogP contribution < -0.4 is 4.90 Å². The third-order valence-electron chi connectivity index (χ3n) is 3.16. The minimum atomic E-state index is -0.554. The number of carbonyl (C=O) groups excluding carboxylic acids is 2. The third-order valence-corrected chi connectivity index (χ3v) is 3.16. The molecule has 3 rings (SSSR count). The Bertz CT molecular complexity index is 690. The van der Waals surface area contributed by atoms with E-state index in [9.17, 15) is 9.59 Å². The molecule has 1 aliphatic rings. The topological polar surface area (TPSA) is 76.3 Å². The molecule has 0 radical (unpaired) electrons. The Balaban J connectivity index is 1.91. The zero-order chi connectivity index (χ0) is 14.3. The van der Waals surface area contributed by atoms with Crippen molar-refractivity contribution < 1.29 is 14.1 Å². The van der Waals surface area contributed by atoms with Gasteiger partial charge in [0, 0.05) is 5.92 Å². The molecule has 0 N–H and O–H groups in total. The van der Waals surface area contributed by atoms with Crippen molar-refractivity contribution in [3.05, 3.63) is 41.5 Å². The molecule has 20 heavy (non-hydrogen) atoms. The van der Waals surface area contributed by atoms with E-state index in [0.29, 0.717) is 23.0 Å². The first-order valence-electron chi connectivity index (χ1n) is 6.35. The molecule has 0 aliphatic carbocycles. The maximum Gasteiger partial charge on any atom is 0.299 e. The lowest BCUT2D eigenvalue weighted by Gasteiger charge is -2.13. The molecule has 0 fully saturated rings. The number of rotatable bonds is 3. The standard InChI is InChI=1S/C14H13N3O3/c1-8(2)13-15-11(16-20-13)7-17-10-6-4-3-5-9(10)12(18)14(17)19/h3-6,8H,7H2,1-2H3. The number of para-hydroxylation sites is 1. The van der Waals surface area contributed by atoms with E-state index < -0.39 is 11.7 Å². The molecule has 1 aliphatic heterocycles. The molecule has 1 aromatic carbocycles. The number of ketones is 1. The number of Topliss-reactive ketones (excluding diaryl/α,β-unsaturated/α-hetero) is 1. The average Bonchev–Trinajstić information content (AvgIpc) is 3.00. The third kappa shape index (κ3) is 1.89. The SMILES string of the molecule is CC(C)c1nc(CN2C(=O)C(=O)c3ccccc32)no1. The molecule has 102 valence electrons. The summed E-state index contributed by atoms with van der Waals surface area (Å²) in [5.74, 6) is -0.00691. The van der Waals surface area contributed by atoms with Gasteiger partial charge >= 0.3 is 0 Å². The second-order valence-corrected chi connectivity index (χ2v) is 4.94. The van der Waals surface area contributed by atoms with Gasteiger partial charge in [0.15, 0.2) is 5.82 Å². The Kier molecular flexibility index (Phi) is 2.85. The zero-order valence-corrected chi connectivity index (χ0v) is 11.2. The molecule has 2 aromatic rings. The van der Waals surface area contributed by atoms with Gasteiger partial charge in [0.05, 0.1) is 17.8 Å². The summed E-state index contributed by atoms with van der Waals surface area (Å²) in [6.07, 6.45) is 0. The Labute approximate surface area is 115 Å². The number of hydrogen-bond acceptors (Lipinski definition) is 5. The number of nitrogens with zero attached hydrogens (tertiary/aromatic N) is 3. The van der Waals surface area contributed by atoms with Gasteiger partial charge in [0.2, 0.25) is 5.89 Å². The molecule has 0 saturated heterocycles. The minimum absolute atomic E-state index is 0.124. The van der Waals surface area contributed by atoms with Crippen LogP contribution in [-0.4, -0.2) is 21.8 Å². The van der Waals surface area contributed by atoms with Crippen LogP contribution >= 0.6 is 0 Å². The van der Waals surface area contributed by atoms with Crippen LogP contribution in [0, 0.1) is 0 Å². The second-order valence-electron chi connectivity index (χ2n) is 4.94. The molecule has 0 unspecified atom stereocenters. The van der Waals surface area contributed by atoms with Crippen molar-refractivity contribution in [3.8, 4) is 0 Å². The first kappa shape index (κ1) is 12.5. The molecular formula is C14H13N3O3. The summed E-state index contributed by atoms with van der Waals surface area (Å²) in [5, 5.41) is 3.84. The second kappa shape index (κ2) is 4.56. The van der Waals surface area contributed by atoms with Gasteiger partial charge in [-0.1, -0.05) is 31.1 Å². The zero-order valence-electron chi connectivity index (χ0n) is 11.2. The van der Waals surface area contributed by atoms with E-state index in [4.69, 9.17) is 4.52 Å². The van der Waals surface area contributed by atoms with Gasteiger partial charge in [0.25, 0.3) is 11.7 Å². The lowest BCUT2D eigenvalue weighted by Crippen LogP contribution is -2.29. The highest BCUT2D eigenvalue weighted by molar-refractivity contribution is 6.52. The lowest BCUT2D eigenvalue weighted by molar-refractivity contribution is -0.114. The van der Waals surface area contributed by atoms with E-state index in [-0.39, 0.29) is 12.5 Å². The van der Waals surface area contributed by atoms with Crippen molar-refractivity contribution in [2.45, 2.75) is 26.3 Å². The molecule has 1 aromatic heterocycles. The van der Waals surface area contributed by atoms with E-state index in [0.717, 1.165) is 0 Å². The van der Waals surface area contributed by atoms with Crippen molar-refractivity contribution in [1.29, 1.82) is 0 Å². The minimum Gasteiger partial charge on any atom is -0.339 e. The van der Waals surface area contributed by atoms with Crippen LogP contribution in [0.15, 0.2) is 28.8 Å². The van der Waals surface area contributed by atoms with Gasteiger partial charge in [-0.3, -0.25) is 14.5 Å². The molecule has 0 spiro atoms. The maximum atomic E-state index is 12.0. The highest BCUT2D eigenvalue weighted by atomic mass is 16.5. The molecule has 6 nitrogen and oxygen atoms in total. The quantitative estimate of drug-likeness (QED) is 0.797. The van der Waals surface area contributed by atoms with Gasteiger partial charge < -0.3 is 4.52 Å². The van der Waals surface area contributed by atoms with Gasteiger partial charge in [0.1, 0.15) is 0 Å². The predicted molar refractivity (Wildman–Crippen MR) is 70.3 cm³/mol. The number of aromatic nitrogens is 2. The molecular weight excluding hydrogens is 258 g/mol. The molecule has 0 saturated carbocycles. The fraction of sp³-hybridized carbons (Fsp3) is 0.286. The average molecular weight is 271 g/mol. The van der Waals surface area contributed by atoms with Crippen LogP contribution in [0.25, 0.3) is 0 Å². The van der Waals surface area contributed by atoms with Crippen molar-refractivity contribution >= 4 is 17.4 Å². The van der Waals surface area contributed by atoms with Crippen molar-refractivity contribution in [2.75, 3.05) is 4.90 Å². The normalized spacial score (nSPS) is 14.2. The Morgan fingerprint density at radius 1 is 1.25 bits per heavy atom. The van der Waals surface area contributed by atoms with Gasteiger partial charge in [-0.2, -0.15) is 4.98 Å². The molecule has 6 heteroatoms. The number of fused-ring (bicyclic) bond motifs is 1. The highest BCUT2D eigenvalue weighted by Crippen LogP contribution is 2.29. The van der Waals surface area contributed by atoms with Crippen LogP contribution in [-0.2, 0) is 11.3 Å². The van der Waals surface area contributed by atoms with E-state index in [1.54, 1.807) is 24.3 Å². The smallest absolute Gasteiger partial charge is 0.299 e. The summed E-state index contributed by atoms with van der Waals surface area (Å²) in [6, 6.07) is 6.90. The van der Waals surface area contributed by atoms with E-state index in [1.807, 2.05) is 13.8 Å². The van der Waals surface area contributed by atoms with Crippen LogP contribution in [0.2, 0.25) is 0 Å². The first-order chi connectivity index (χ1) is 9.58. The fourth-order valence-corrected chi connectivity index (χ4v) is 2.11. The van der Waals surface area contributed by atoms with Crippen LogP contribution in [0.1, 0.15) is 41.8 Å². The van der Waals surface area contributed by atoms with Crippen molar-refractivity contribution in [3.63, 3.8) is 0 Å². The number of benzene rings is 1. The fourth-order valence-electron chi connectivity index (χ4n) is 2.11. The van der Waals surface area contributed by atoms with Crippen molar-refractivity contribution in [1.82, 2.24) is 10.1 Å². The Hall–Kier alpha value is -2.50. The van der Waals surface area contributed by atoms with Crippen LogP contribution in [0.4, 0.5) is 5.69 Å². The summed E-state index contributed by atoms with van der Waals surface area (Å²) in [4.78, 5) is 29.5. The number of hydrogen-bond donors (Lipinski definition) is 0. The molecule has 1 amide bonds. The predicted octanol–water partition coefficient (Wildman–Crippen LogP) is 1.92. The van der Waals surface area contributed by atoms with Crippen LogP contribution in [0.5, 0.6) is 0 Å². The summed E-state index contributed by atoms with van der Waals surface area (Å²) >= 11 is 0. The Morgan fingerprint density at radius 3 is 2.70 bits per heavy atom. The van der Waals surface area contributed by atoms with Crippen LogP contribution in [0.3, 0.4) is 0 Å². The first-order valence-corrected chi connectivity index (χ1v) is 6.35. The monoisotopic (exact) mass is 271 g/mol. The highest BCUT2D eigenvalue weighted by Gasteiger charge is 2.36. The number of carbonyl (C=O) groups is 2. The van der Waals surface area contributed by atoms with Crippen molar-refractivity contribution in [2.24, 2.45) is 0 Å². The largest absolute Gasteiger partial charge is 0.339 e. The lowest BCUT2D eigenvalue weighted by atomic mass is 10.1. The molecule has 2 heterocycles. The number of anilines is 1.